The highest BCUT2D eigenvalue weighted by atomic mass is 79.9. The van der Waals surface area contributed by atoms with Crippen LogP contribution < -0.4 is 15.4 Å². The van der Waals surface area contributed by atoms with Gasteiger partial charge in [0, 0.05) is 12.1 Å². The molecule has 6 heteroatoms. The number of thiocarbonyl (C=S) groups is 1. The van der Waals surface area contributed by atoms with Gasteiger partial charge in [-0.05, 0) is 90.8 Å². The maximum Gasteiger partial charge on any atom is 0.257 e. The van der Waals surface area contributed by atoms with Crippen molar-refractivity contribution in [2.45, 2.75) is 52.4 Å². The van der Waals surface area contributed by atoms with Crippen molar-refractivity contribution in [1.29, 1.82) is 0 Å². The molecule has 0 fully saturated rings. The molecule has 1 amide bonds. The molecule has 0 spiro atoms. The SMILES string of the molecule is CC(C)CCOc1ccc(C(=O)NC(=S)NCCC2=CCCCC2)cc1Br. The highest BCUT2D eigenvalue weighted by Gasteiger charge is 2.11. The molecule has 0 bridgehead atoms. The van der Waals surface area contributed by atoms with Gasteiger partial charge in [0.25, 0.3) is 5.91 Å². The average Bonchev–Trinajstić information content (AvgIpc) is 2.63. The van der Waals surface area contributed by atoms with Crippen LogP contribution >= 0.6 is 28.1 Å². The van der Waals surface area contributed by atoms with Crippen molar-refractivity contribution in [3.05, 3.63) is 39.9 Å². The van der Waals surface area contributed by atoms with Crippen LogP contribution in [-0.4, -0.2) is 24.2 Å². The van der Waals surface area contributed by atoms with Gasteiger partial charge in [-0.15, -0.1) is 0 Å². The van der Waals surface area contributed by atoms with E-state index in [-0.39, 0.29) is 5.91 Å². The van der Waals surface area contributed by atoms with Crippen LogP contribution in [0.15, 0.2) is 34.3 Å². The molecule has 0 saturated heterocycles. The smallest absolute Gasteiger partial charge is 0.257 e. The predicted octanol–water partition coefficient (Wildman–Crippen LogP) is 5.37. The molecule has 2 N–H and O–H groups in total. The molecule has 0 saturated carbocycles. The molecular formula is C21H29BrN2O2S. The molecule has 0 atom stereocenters. The number of carbonyl (C=O) groups excluding carboxylic acids is 1. The van der Waals surface area contributed by atoms with E-state index in [1.807, 2.05) is 6.07 Å². The van der Waals surface area contributed by atoms with Gasteiger partial charge in [-0.3, -0.25) is 10.1 Å². The Morgan fingerprint density at radius 1 is 1.33 bits per heavy atom. The van der Waals surface area contributed by atoms with Gasteiger partial charge in [0.2, 0.25) is 0 Å². The highest BCUT2D eigenvalue weighted by molar-refractivity contribution is 9.10. The van der Waals surface area contributed by atoms with Gasteiger partial charge in [-0.25, -0.2) is 0 Å². The van der Waals surface area contributed by atoms with Crippen molar-refractivity contribution in [3.8, 4) is 5.75 Å². The van der Waals surface area contributed by atoms with E-state index < -0.39 is 0 Å². The van der Waals surface area contributed by atoms with Gasteiger partial charge in [-0.2, -0.15) is 0 Å². The average molecular weight is 453 g/mol. The molecule has 0 unspecified atom stereocenters. The lowest BCUT2D eigenvalue weighted by Gasteiger charge is -2.14. The van der Waals surface area contributed by atoms with E-state index in [2.05, 4.69) is 46.5 Å². The number of nitrogens with one attached hydrogen (secondary N) is 2. The molecule has 0 heterocycles. The minimum Gasteiger partial charge on any atom is -0.492 e. The molecule has 1 aromatic carbocycles. The number of amides is 1. The molecule has 4 nitrogen and oxygen atoms in total. The molecule has 0 radical (unpaired) electrons. The minimum atomic E-state index is -0.223. The minimum absolute atomic E-state index is 0.223. The van der Waals surface area contributed by atoms with Crippen LogP contribution in [0.5, 0.6) is 5.75 Å². The van der Waals surface area contributed by atoms with Crippen LogP contribution in [0.4, 0.5) is 0 Å². The quantitative estimate of drug-likeness (QED) is 0.411. The molecule has 0 aliphatic heterocycles. The first-order chi connectivity index (χ1) is 13.0. The number of allylic oxidation sites excluding steroid dienone is 1. The summed E-state index contributed by atoms with van der Waals surface area (Å²) < 4.78 is 6.52. The zero-order valence-electron chi connectivity index (χ0n) is 16.1. The topological polar surface area (TPSA) is 50.4 Å². The Labute approximate surface area is 176 Å². The Kier molecular flexibility index (Phi) is 9.28. The largest absolute Gasteiger partial charge is 0.492 e. The van der Waals surface area contributed by atoms with Crippen molar-refractivity contribution in [3.63, 3.8) is 0 Å². The lowest BCUT2D eigenvalue weighted by Crippen LogP contribution is -2.39. The molecular weight excluding hydrogens is 424 g/mol. The molecule has 2 rings (SSSR count). The summed E-state index contributed by atoms with van der Waals surface area (Å²) >= 11 is 8.71. The van der Waals surface area contributed by atoms with Gasteiger partial charge in [0.05, 0.1) is 11.1 Å². The third-order valence-corrected chi connectivity index (χ3v) is 5.36. The van der Waals surface area contributed by atoms with Crippen molar-refractivity contribution in [2.75, 3.05) is 13.2 Å². The van der Waals surface area contributed by atoms with E-state index in [9.17, 15) is 4.79 Å². The van der Waals surface area contributed by atoms with Crippen LogP contribution in [0, 0.1) is 5.92 Å². The zero-order valence-corrected chi connectivity index (χ0v) is 18.5. The number of benzene rings is 1. The standard InChI is InChI=1S/C21H29BrN2O2S/c1-15(2)11-13-26-19-9-8-17(14-18(19)22)20(25)24-21(27)23-12-10-16-6-4-3-5-7-16/h6,8-9,14-15H,3-5,7,10-13H2,1-2H3,(H2,23,24,25,27). The first kappa shape index (κ1) is 21.9. The van der Waals surface area contributed by atoms with Crippen LogP contribution in [0.3, 0.4) is 0 Å². The third kappa shape index (κ3) is 8.01. The summed E-state index contributed by atoms with van der Waals surface area (Å²) in [6, 6.07) is 5.32. The number of carbonyl (C=O) groups is 1. The van der Waals surface area contributed by atoms with E-state index in [0.29, 0.717) is 23.2 Å². The Hall–Kier alpha value is -1.40. The van der Waals surface area contributed by atoms with Gasteiger partial charge in [0.1, 0.15) is 5.75 Å². The van der Waals surface area contributed by atoms with Crippen LogP contribution in [0.25, 0.3) is 0 Å². The van der Waals surface area contributed by atoms with Crippen LogP contribution in [0.2, 0.25) is 0 Å². The summed E-state index contributed by atoms with van der Waals surface area (Å²) in [6.45, 7) is 5.73. The van der Waals surface area contributed by atoms with Gasteiger partial charge in [0.15, 0.2) is 5.11 Å². The Morgan fingerprint density at radius 2 is 2.15 bits per heavy atom. The maximum atomic E-state index is 12.4. The number of ether oxygens (including phenoxy) is 1. The summed E-state index contributed by atoms with van der Waals surface area (Å²) in [6.07, 6.45) is 9.23. The summed E-state index contributed by atoms with van der Waals surface area (Å²) in [5.41, 5.74) is 2.03. The fourth-order valence-corrected chi connectivity index (χ4v) is 3.54. The third-order valence-electron chi connectivity index (χ3n) is 4.49. The second-order valence-electron chi connectivity index (χ2n) is 7.24. The van der Waals surface area contributed by atoms with Gasteiger partial charge in [-0.1, -0.05) is 25.5 Å². The molecule has 1 aromatic rings. The molecule has 27 heavy (non-hydrogen) atoms. The van der Waals surface area contributed by atoms with E-state index in [0.717, 1.165) is 29.6 Å². The highest BCUT2D eigenvalue weighted by Crippen LogP contribution is 2.26. The number of halogens is 1. The summed E-state index contributed by atoms with van der Waals surface area (Å²) in [4.78, 5) is 12.4. The lowest BCUT2D eigenvalue weighted by molar-refractivity contribution is 0.0976. The molecule has 1 aliphatic rings. The van der Waals surface area contributed by atoms with E-state index in [4.69, 9.17) is 17.0 Å². The fraction of sp³-hybridized carbons (Fsp3) is 0.524. The first-order valence-corrected chi connectivity index (χ1v) is 10.8. The van der Waals surface area contributed by atoms with E-state index >= 15 is 0 Å². The van der Waals surface area contributed by atoms with E-state index in [1.165, 1.54) is 31.3 Å². The Balaban J connectivity index is 1.77. The molecule has 0 aromatic heterocycles. The zero-order chi connectivity index (χ0) is 19.6. The number of hydrogen-bond acceptors (Lipinski definition) is 3. The summed E-state index contributed by atoms with van der Waals surface area (Å²) in [7, 11) is 0. The Morgan fingerprint density at radius 3 is 2.81 bits per heavy atom. The second kappa shape index (κ2) is 11.4. The second-order valence-corrected chi connectivity index (χ2v) is 8.51. The van der Waals surface area contributed by atoms with Crippen molar-refractivity contribution in [1.82, 2.24) is 10.6 Å². The van der Waals surface area contributed by atoms with Gasteiger partial charge >= 0.3 is 0 Å². The monoisotopic (exact) mass is 452 g/mol. The Bertz CT molecular complexity index is 689. The van der Waals surface area contributed by atoms with E-state index in [1.54, 1.807) is 12.1 Å². The van der Waals surface area contributed by atoms with Crippen molar-refractivity contribution < 1.29 is 9.53 Å². The van der Waals surface area contributed by atoms with Crippen LogP contribution in [-0.2, 0) is 0 Å². The normalized spacial score (nSPS) is 13.9. The predicted molar refractivity (Wildman–Crippen MR) is 118 cm³/mol. The lowest BCUT2D eigenvalue weighted by atomic mass is 9.97. The summed E-state index contributed by atoms with van der Waals surface area (Å²) in [5.74, 6) is 1.12. The maximum absolute atomic E-state index is 12.4. The first-order valence-electron chi connectivity index (χ1n) is 9.65. The number of hydrogen-bond donors (Lipinski definition) is 2. The number of rotatable bonds is 8. The summed E-state index contributed by atoms with van der Waals surface area (Å²) in [5, 5.41) is 6.22. The van der Waals surface area contributed by atoms with Crippen molar-refractivity contribution >= 4 is 39.2 Å². The van der Waals surface area contributed by atoms with Crippen molar-refractivity contribution in [2.24, 2.45) is 5.92 Å². The molecule has 148 valence electrons. The van der Waals surface area contributed by atoms with Gasteiger partial charge < -0.3 is 10.1 Å². The molecule has 1 aliphatic carbocycles. The van der Waals surface area contributed by atoms with Crippen LogP contribution in [0.1, 0.15) is 62.7 Å². The fourth-order valence-electron chi connectivity index (χ4n) is 2.85.